The minimum atomic E-state index is -3.76. The van der Waals surface area contributed by atoms with Crippen LogP contribution in [0.3, 0.4) is 0 Å². The zero-order chi connectivity index (χ0) is 18.7. The molecular weight excluding hydrogens is 372 g/mol. The number of halogens is 1. The van der Waals surface area contributed by atoms with Crippen molar-refractivity contribution in [3.8, 4) is 0 Å². The maximum atomic E-state index is 13.2. The van der Waals surface area contributed by atoms with Gasteiger partial charge in [0, 0.05) is 24.5 Å². The standard InChI is InChI=1S/C19H25ClN2O3S/c1-3-4-5-17-21-18(19(25-17)22-12-10-14(2)11-13-22)26(23,24)16-8-6-15(20)7-9-16/h6-9,14H,3-5,10-13H2,1-2H3. The molecule has 0 saturated carbocycles. The largest absolute Gasteiger partial charge is 0.424 e. The molecule has 5 nitrogen and oxygen atoms in total. The number of rotatable bonds is 6. The highest BCUT2D eigenvalue weighted by Crippen LogP contribution is 2.34. The quantitative estimate of drug-likeness (QED) is 0.705. The van der Waals surface area contributed by atoms with Crippen LogP contribution < -0.4 is 4.90 Å². The highest BCUT2D eigenvalue weighted by atomic mass is 35.5. The Morgan fingerprint density at radius 1 is 1.23 bits per heavy atom. The van der Waals surface area contributed by atoms with Crippen LogP contribution in [0.1, 0.15) is 45.4 Å². The molecule has 0 amide bonds. The molecule has 1 fully saturated rings. The van der Waals surface area contributed by atoms with E-state index in [2.05, 4.69) is 18.8 Å². The fourth-order valence-corrected chi connectivity index (χ4v) is 4.55. The molecule has 142 valence electrons. The molecule has 1 aliphatic heterocycles. The lowest BCUT2D eigenvalue weighted by Crippen LogP contribution is -2.33. The van der Waals surface area contributed by atoms with Gasteiger partial charge in [-0.05, 0) is 49.4 Å². The predicted molar refractivity (Wildman–Crippen MR) is 103 cm³/mol. The van der Waals surface area contributed by atoms with Crippen LogP contribution in [-0.4, -0.2) is 26.5 Å². The monoisotopic (exact) mass is 396 g/mol. The summed E-state index contributed by atoms with van der Waals surface area (Å²) < 4.78 is 32.3. The molecule has 0 aliphatic carbocycles. The van der Waals surface area contributed by atoms with E-state index in [0.29, 0.717) is 29.1 Å². The molecule has 0 radical (unpaired) electrons. The van der Waals surface area contributed by atoms with E-state index in [9.17, 15) is 8.42 Å². The van der Waals surface area contributed by atoms with Gasteiger partial charge in [-0.15, -0.1) is 0 Å². The summed E-state index contributed by atoms with van der Waals surface area (Å²) in [7, 11) is -3.76. The van der Waals surface area contributed by atoms with Crippen LogP contribution in [0.2, 0.25) is 5.02 Å². The van der Waals surface area contributed by atoms with E-state index in [-0.39, 0.29) is 9.92 Å². The van der Waals surface area contributed by atoms with Crippen LogP contribution in [0.15, 0.2) is 38.6 Å². The van der Waals surface area contributed by atoms with E-state index in [4.69, 9.17) is 16.0 Å². The third kappa shape index (κ3) is 4.07. The molecule has 2 heterocycles. The average molecular weight is 397 g/mol. The van der Waals surface area contributed by atoms with Gasteiger partial charge in [-0.2, -0.15) is 4.98 Å². The molecule has 0 spiro atoms. The smallest absolute Gasteiger partial charge is 0.236 e. The Hall–Kier alpha value is -1.53. The van der Waals surface area contributed by atoms with E-state index < -0.39 is 9.84 Å². The summed E-state index contributed by atoms with van der Waals surface area (Å²) in [6.07, 6.45) is 4.59. The third-order valence-electron chi connectivity index (χ3n) is 4.82. The lowest BCUT2D eigenvalue weighted by molar-refractivity contribution is 0.405. The van der Waals surface area contributed by atoms with Crippen LogP contribution in [-0.2, 0) is 16.3 Å². The number of oxazole rings is 1. The maximum absolute atomic E-state index is 13.2. The van der Waals surface area contributed by atoms with Crippen molar-refractivity contribution in [2.45, 2.75) is 55.9 Å². The van der Waals surface area contributed by atoms with Crippen molar-refractivity contribution in [3.05, 3.63) is 35.2 Å². The van der Waals surface area contributed by atoms with Gasteiger partial charge in [0.1, 0.15) is 0 Å². The summed E-state index contributed by atoms with van der Waals surface area (Å²) in [6, 6.07) is 6.18. The fourth-order valence-electron chi connectivity index (χ4n) is 3.09. The lowest BCUT2D eigenvalue weighted by atomic mass is 9.99. The number of unbranched alkanes of at least 4 members (excludes halogenated alkanes) is 1. The number of anilines is 1. The second-order valence-electron chi connectivity index (χ2n) is 6.95. The number of piperidine rings is 1. The Kier molecular flexibility index (Phi) is 5.92. The van der Waals surface area contributed by atoms with Crippen molar-refractivity contribution in [3.63, 3.8) is 0 Å². The number of hydrogen-bond acceptors (Lipinski definition) is 5. The molecule has 1 saturated heterocycles. The normalized spacial score (nSPS) is 16.2. The maximum Gasteiger partial charge on any atom is 0.236 e. The van der Waals surface area contributed by atoms with E-state index in [1.54, 1.807) is 12.1 Å². The first-order valence-corrected chi connectivity index (χ1v) is 11.0. The topological polar surface area (TPSA) is 63.4 Å². The van der Waals surface area contributed by atoms with Crippen molar-refractivity contribution in [2.24, 2.45) is 5.92 Å². The summed E-state index contributed by atoms with van der Waals surface area (Å²) in [5.41, 5.74) is 0. The number of aryl methyl sites for hydroxylation is 1. The van der Waals surface area contributed by atoms with E-state index in [1.807, 2.05) is 4.90 Å². The SMILES string of the molecule is CCCCc1nc(S(=O)(=O)c2ccc(Cl)cc2)c(N2CCC(C)CC2)o1. The van der Waals surface area contributed by atoms with Crippen LogP contribution in [0.25, 0.3) is 0 Å². The van der Waals surface area contributed by atoms with Crippen molar-refractivity contribution in [1.82, 2.24) is 4.98 Å². The van der Waals surface area contributed by atoms with Crippen molar-refractivity contribution >= 4 is 27.3 Å². The highest BCUT2D eigenvalue weighted by molar-refractivity contribution is 7.91. The zero-order valence-electron chi connectivity index (χ0n) is 15.2. The number of nitrogens with zero attached hydrogens (tertiary/aromatic N) is 2. The Bertz CT molecular complexity index is 838. The Balaban J connectivity index is 2.00. The Labute approximate surface area is 160 Å². The minimum absolute atomic E-state index is 0.0282. The van der Waals surface area contributed by atoms with Crippen LogP contribution in [0.5, 0.6) is 0 Å². The van der Waals surface area contributed by atoms with Crippen molar-refractivity contribution in [2.75, 3.05) is 18.0 Å². The molecule has 3 rings (SSSR count). The molecule has 1 aliphatic rings. The number of sulfone groups is 1. The highest BCUT2D eigenvalue weighted by Gasteiger charge is 2.32. The Morgan fingerprint density at radius 2 is 1.88 bits per heavy atom. The average Bonchev–Trinajstić information content (AvgIpc) is 3.06. The molecule has 26 heavy (non-hydrogen) atoms. The van der Waals surface area contributed by atoms with Crippen molar-refractivity contribution in [1.29, 1.82) is 0 Å². The first-order chi connectivity index (χ1) is 12.4. The van der Waals surface area contributed by atoms with Gasteiger partial charge in [-0.3, -0.25) is 0 Å². The van der Waals surface area contributed by atoms with Gasteiger partial charge in [0.2, 0.25) is 20.7 Å². The molecule has 1 aromatic heterocycles. The van der Waals surface area contributed by atoms with Gasteiger partial charge in [0.05, 0.1) is 4.90 Å². The summed E-state index contributed by atoms with van der Waals surface area (Å²) in [6.45, 7) is 5.87. The molecule has 0 unspecified atom stereocenters. The summed E-state index contributed by atoms with van der Waals surface area (Å²) in [4.78, 5) is 6.59. The zero-order valence-corrected chi connectivity index (χ0v) is 16.8. The lowest BCUT2D eigenvalue weighted by Gasteiger charge is -2.30. The number of aromatic nitrogens is 1. The molecular formula is C19H25ClN2O3S. The first kappa shape index (κ1) is 19.2. The minimum Gasteiger partial charge on any atom is -0.424 e. The molecule has 1 aromatic carbocycles. The van der Waals surface area contributed by atoms with Gasteiger partial charge < -0.3 is 9.32 Å². The first-order valence-electron chi connectivity index (χ1n) is 9.17. The molecule has 0 N–H and O–H groups in total. The third-order valence-corrected chi connectivity index (χ3v) is 6.74. The molecule has 7 heteroatoms. The predicted octanol–water partition coefficient (Wildman–Crippen LogP) is 4.74. The summed E-state index contributed by atoms with van der Waals surface area (Å²) in [5.74, 6) is 1.52. The van der Waals surface area contributed by atoms with Crippen LogP contribution in [0.4, 0.5) is 5.88 Å². The van der Waals surface area contributed by atoms with Gasteiger partial charge in [-0.1, -0.05) is 31.9 Å². The fraction of sp³-hybridized carbons (Fsp3) is 0.526. The van der Waals surface area contributed by atoms with E-state index >= 15 is 0 Å². The molecule has 0 atom stereocenters. The molecule has 2 aromatic rings. The van der Waals surface area contributed by atoms with Crippen LogP contribution in [0, 0.1) is 5.92 Å². The van der Waals surface area contributed by atoms with E-state index in [1.165, 1.54) is 12.1 Å². The van der Waals surface area contributed by atoms with Gasteiger partial charge in [0.25, 0.3) is 0 Å². The molecule has 0 bridgehead atoms. The van der Waals surface area contributed by atoms with Crippen molar-refractivity contribution < 1.29 is 12.8 Å². The van der Waals surface area contributed by atoms with Crippen LogP contribution >= 0.6 is 11.6 Å². The Morgan fingerprint density at radius 3 is 2.50 bits per heavy atom. The van der Waals surface area contributed by atoms with Gasteiger partial charge >= 0.3 is 0 Å². The van der Waals surface area contributed by atoms with Gasteiger partial charge in [0.15, 0.2) is 5.89 Å². The number of benzene rings is 1. The number of hydrogen-bond donors (Lipinski definition) is 0. The summed E-state index contributed by atoms with van der Waals surface area (Å²) >= 11 is 5.90. The van der Waals surface area contributed by atoms with Gasteiger partial charge in [-0.25, -0.2) is 8.42 Å². The van der Waals surface area contributed by atoms with E-state index in [0.717, 1.165) is 38.8 Å². The summed E-state index contributed by atoms with van der Waals surface area (Å²) in [5, 5.41) is 0.526. The second kappa shape index (κ2) is 8.01. The second-order valence-corrected chi connectivity index (χ2v) is 9.25.